The molecule has 0 fully saturated rings. The number of benzene rings is 1. The Balaban J connectivity index is 2.84. The maximum atomic E-state index is 10.9. The minimum atomic E-state index is -0.351. The summed E-state index contributed by atoms with van der Waals surface area (Å²) in [5.74, 6) is -0.351. The number of carbonyl (C=O) groups excluding carboxylic acids is 1. The zero-order valence-electron chi connectivity index (χ0n) is 6.50. The summed E-state index contributed by atoms with van der Waals surface area (Å²) in [6.45, 7) is 0. The smallest absolute Gasteiger partial charge is 0.337 e. The van der Waals surface area contributed by atoms with Crippen molar-refractivity contribution < 1.29 is 9.53 Å². The molecule has 0 saturated carbocycles. The van der Waals surface area contributed by atoms with Gasteiger partial charge >= 0.3 is 5.97 Å². The molecule has 0 unspecified atom stereocenters. The van der Waals surface area contributed by atoms with Crippen molar-refractivity contribution in [1.82, 2.24) is 0 Å². The second kappa shape index (κ2) is 3.97. The van der Waals surface area contributed by atoms with E-state index in [2.05, 4.69) is 9.57 Å². The fourth-order valence-electron chi connectivity index (χ4n) is 0.787. The van der Waals surface area contributed by atoms with E-state index in [0.29, 0.717) is 5.56 Å². The topological polar surface area (TPSA) is 38.3 Å². The van der Waals surface area contributed by atoms with Gasteiger partial charge in [0.2, 0.25) is 0 Å². The quantitative estimate of drug-likeness (QED) is 0.566. The van der Waals surface area contributed by atoms with E-state index >= 15 is 0 Å². The van der Waals surface area contributed by atoms with Crippen LogP contribution < -0.4 is 4.84 Å². The molecule has 4 heteroatoms. The highest BCUT2D eigenvalue weighted by atomic mass is 35.5. The summed E-state index contributed by atoms with van der Waals surface area (Å²) in [6.07, 6.45) is 0. The molecule has 0 aliphatic heterocycles. The van der Waals surface area contributed by atoms with E-state index < -0.39 is 0 Å². The van der Waals surface area contributed by atoms with Gasteiger partial charge in [-0.3, -0.25) is 4.84 Å². The van der Waals surface area contributed by atoms with Crippen molar-refractivity contribution >= 4 is 23.4 Å². The van der Waals surface area contributed by atoms with Gasteiger partial charge in [0, 0.05) is 17.5 Å². The zero-order chi connectivity index (χ0) is 8.97. The fraction of sp³-hybridized carbons (Fsp3) is 0.125. The number of carbonyl (C=O) groups is 1. The highest BCUT2D eigenvalue weighted by Gasteiger charge is 2.02. The molecule has 0 amide bonds. The van der Waals surface area contributed by atoms with Crippen LogP contribution in [0.2, 0.25) is 0 Å². The monoisotopic (exact) mass is 185 g/mol. The maximum Gasteiger partial charge on any atom is 0.337 e. The first-order valence-electron chi connectivity index (χ1n) is 3.33. The van der Waals surface area contributed by atoms with Gasteiger partial charge in [-0.15, -0.1) is 0 Å². The van der Waals surface area contributed by atoms with Gasteiger partial charge in [0.05, 0.1) is 12.7 Å². The number of methoxy groups -OCH3 is 1. The van der Waals surface area contributed by atoms with Crippen molar-refractivity contribution in [3.63, 3.8) is 0 Å². The third-order valence-electron chi connectivity index (χ3n) is 1.42. The molecule has 0 aliphatic carbocycles. The SMILES string of the molecule is COC(=O)c1ccc(NCl)cc1. The Kier molecular flexibility index (Phi) is 2.94. The van der Waals surface area contributed by atoms with Crippen LogP contribution in [0.15, 0.2) is 24.3 Å². The zero-order valence-corrected chi connectivity index (χ0v) is 7.26. The van der Waals surface area contributed by atoms with E-state index in [4.69, 9.17) is 11.8 Å². The van der Waals surface area contributed by atoms with Crippen LogP contribution >= 0.6 is 11.8 Å². The predicted octanol–water partition coefficient (Wildman–Crippen LogP) is 2.04. The predicted molar refractivity (Wildman–Crippen MR) is 47.3 cm³/mol. The molecular formula is C8H8ClNO2. The van der Waals surface area contributed by atoms with Gasteiger partial charge in [-0.05, 0) is 24.3 Å². The molecule has 12 heavy (non-hydrogen) atoms. The highest BCUT2D eigenvalue weighted by molar-refractivity contribution is 6.23. The average molecular weight is 186 g/mol. The Morgan fingerprint density at radius 3 is 2.42 bits per heavy atom. The van der Waals surface area contributed by atoms with Crippen LogP contribution in [0.5, 0.6) is 0 Å². The molecule has 0 bridgehead atoms. The van der Waals surface area contributed by atoms with Gasteiger partial charge in [0.1, 0.15) is 0 Å². The Hall–Kier alpha value is -1.22. The van der Waals surface area contributed by atoms with Crippen LogP contribution in [0.4, 0.5) is 5.69 Å². The highest BCUT2D eigenvalue weighted by Crippen LogP contribution is 2.10. The lowest BCUT2D eigenvalue weighted by Gasteiger charge is -1.99. The number of anilines is 1. The van der Waals surface area contributed by atoms with Crippen molar-refractivity contribution in [3.05, 3.63) is 29.8 Å². The number of ether oxygens (including phenoxy) is 1. The third-order valence-corrected chi connectivity index (χ3v) is 1.63. The standard InChI is InChI=1S/C8H8ClNO2/c1-12-8(11)6-2-4-7(10-9)5-3-6/h2-5,10H,1H3. The van der Waals surface area contributed by atoms with Crippen LogP contribution in [0.25, 0.3) is 0 Å². The summed E-state index contributed by atoms with van der Waals surface area (Å²) < 4.78 is 4.52. The van der Waals surface area contributed by atoms with Crippen LogP contribution in [-0.4, -0.2) is 13.1 Å². The number of hydrogen-bond donors (Lipinski definition) is 1. The van der Waals surface area contributed by atoms with E-state index in [-0.39, 0.29) is 5.97 Å². The molecule has 3 nitrogen and oxygen atoms in total. The van der Waals surface area contributed by atoms with Gasteiger partial charge in [-0.2, -0.15) is 0 Å². The van der Waals surface area contributed by atoms with Gasteiger partial charge in [0.25, 0.3) is 0 Å². The van der Waals surface area contributed by atoms with Gasteiger partial charge < -0.3 is 4.74 Å². The van der Waals surface area contributed by atoms with Gasteiger partial charge in [-0.25, -0.2) is 4.79 Å². The Bertz CT molecular complexity index is 271. The number of hydrogen-bond acceptors (Lipinski definition) is 3. The molecule has 1 rings (SSSR count). The largest absolute Gasteiger partial charge is 0.465 e. The Labute approximate surface area is 75.4 Å². The Morgan fingerprint density at radius 2 is 2.00 bits per heavy atom. The molecule has 0 heterocycles. The summed E-state index contributed by atoms with van der Waals surface area (Å²) >= 11 is 5.33. The third kappa shape index (κ3) is 1.89. The lowest BCUT2D eigenvalue weighted by Crippen LogP contribution is -2.00. The molecule has 64 valence electrons. The van der Waals surface area contributed by atoms with E-state index in [1.807, 2.05) is 0 Å². The van der Waals surface area contributed by atoms with Crippen LogP contribution in [0, 0.1) is 0 Å². The van der Waals surface area contributed by atoms with Crippen LogP contribution in [0.3, 0.4) is 0 Å². The molecule has 1 aromatic carbocycles. The fourth-order valence-corrected chi connectivity index (χ4v) is 0.913. The number of halogens is 1. The molecule has 0 atom stereocenters. The Morgan fingerprint density at radius 1 is 1.42 bits per heavy atom. The summed E-state index contributed by atoms with van der Waals surface area (Å²) in [6, 6.07) is 6.66. The average Bonchev–Trinajstić information content (AvgIpc) is 2.17. The molecule has 0 spiro atoms. The molecule has 1 aromatic rings. The van der Waals surface area contributed by atoms with Crippen molar-refractivity contribution in [2.24, 2.45) is 0 Å². The van der Waals surface area contributed by atoms with E-state index in [9.17, 15) is 4.79 Å². The van der Waals surface area contributed by atoms with Gasteiger partial charge in [0.15, 0.2) is 0 Å². The van der Waals surface area contributed by atoms with Crippen LogP contribution in [0.1, 0.15) is 10.4 Å². The molecule has 0 aliphatic rings. The first-order chi connectivity index (χ1) is 5.77. The van der Waals surface area contributed by atoms with Gasteiger partial charge in [-0.1, -0.05) is 0 Å². The lowest BCUT2D eigenvalue weighted by atomic mass is 10.2. The molecular weight excluding hydrogens is 178 g/mol. The first kappa shape index (κ1) is 8.87. The molecule has 0 saturated heterocycles. The van der Waals surface area contributed by atoms with Crippen LogP contribution in [-0.2, 0) is 4.74 Å². The minimum absolute atomic E-state index is 0.351. The van der Waals surface area contributed by atoms with Crippen molar-refractivity contribution in [2.75, 3.05) is 11.9 Å². The van der Waals surface area contributed by atoms with E-state index in [1.54, 1.807) is 24.3 Å². The van der Waals surface area contributed by atoms with E-state index in [1.165, 1.54) is 7.11 Å². The minimum Gasteiger partial charge on any atom is -0.465 e. The van der Waals surface area contributed by atoms with Crippen molar-refractivity contribution in [2.45, 2.75) is 0 Å². The van der Waals surface area contributed by atoms with Crippen molar-refractivity contribution in [1.29, 1.82) is 0 Å². The molecule has 0 radical (unpaired) electrons. The first-order valence-corrected chi connectivity index (χ1v) is 3.70. The summed E-state index contributed by atoms with van der Waals surface area (Å²) in [7, 11) is 1.34. The number of rotatable bonds is 2. The second-order valence-electron chi connectivity index (χ2n) is 2.16. The summed E-state index contributed by atoms with van der Waals surface area (Å²) in [5.41, 5.74) is 1.25. The normalized spacial score (nSPS) is 9.17. The summed E-state index contributed by atoms with van der Waals surface area (Å²) in [4.78, 5) is 13.4. The molecule has 0 aromatic heterocycles. The van der Waals surface area contributed by atoms with E-state index in [0.717, 1.165) is 5.69 Å². The number of nitrogens with one attached hydrogen (secondary N) is 1. The summed E-state index contributed by atoms with van der Waals surface area (Å²) in [5, 5.41) is 0. The lowest BCUT2D eigenvalue weighted by molar-refractivity contribution is 0.0601. The molecule has 1 N–H and O–H groups in total. The second-order valence-corrected chi connectivity index (χ2v) is 2.35. The van der Waals surface area contributed by atoms with Crippen molar-refractivity contribution in [3.8, 4) is 0 Å². The maximum absolute atomic E-state index is 10.9. The number of esters is 1.